The first-order valence-electron chi connectivity index (χ1n) is 8.06. The number of nitrogens with one attached hydrogen (secondary N) is 1. The van der Waals surface area contributed by atoms with Crippen LogP contribution < -0.4 is 5.32 Å². The maximum Gasteiger partial charge on any atom is 0.231 e. The summed E-state index contributed by atoms with van der Waals surface area (Å²) in [5.41, 5.74) is 1.64. The van der Waals surface area contributed by atoms with E-state index >= 15 is 0 Å². The largest absolute Gasteiger partial charge is 0.349 e. The van der Waals surface area contributed by atoms with E-state index in [2.05, 4.69) is 16.4 Å². The van der Waals surface area contributed by atoms with Gasteiger partial charge in [0.2, 0.25) is 5.91 Å². The molecule has 3 aromatic rings. The smallest absolute Gasteiger partial charge is 0.231 e. The summed E-state index contributed by atoms with van der Waals surface area (Å²) in [6.07, 6.45) is 2.86. The molecular formula is C19H17ClN2OS. The van der Waals surface area contributed by atoms with E-state index in [-0.39, 0.29) is 5.91 Å². The van der Waals surface area contributed by atoms with E-state index in [1.807, 2.05) is 42.5 Å². The fourth-order valence-corrected chi connectivity index (χ4v) is 4.30. The van der Waals surface area contributed by atoms with Crippen LogP contribution in [0.3, 0.4) is 0 Å². The molecular weight excluding hydrogens is 340 g/mol. The van der Waals surface area contributed by atoms with Gasteiger partial charge in [-0.3, -0.25) is 4.79 Å². The van der Waals surface area contributed by atoms with Crippen LogP contribution in [0.4, 0.5) is 0 Å². The summed E-state index contributed by atoms with van der Waals surface area (Å²) < 4.78 is 1.15. The summed E-state index contributed by atoms with van der Waals surface area (Å²) in [7, 11) is 0. The van der Waals surface area contributed by atoms with Crippen molar-refractivity contribution in [2.24, 2.45) is 0 Å². The maximum absolute atomic E-state index is 12.9. The second-order valence-electron chi connectivity index (χ2n) is 6.20. The molecule has 0 aliphatic heterocycles. The van der Waals surface area contributed by atoms with Gasteiger partial charge in [0.15, 0.2) is 0 Å². The first-order valence-corrected chi connectivity index (χ1v) is 9.26. The van der Waals surface area contributed by atoms with Crippen molar-refractivity contribution in [3.05, 3.63) is 64.1 Å². The van der Waals surface area contributed by atoms with Crippen molar-refractivity contribution in [3.63, 3.8) is 0 Å². The molecule has 1 aromatic heterocycles. The number of aromatic nitrogens is 1. The van der Waals surface area contributed by atoms with Crippen molar-refractivity contribution >= 4 is 39.1 Å². The Morgan fingerprint density at radius 1 is 1.17 bits per heavy atom. The Bertz CT molecular complexity index is 851. The van der Waals surface area contributed by atoms with Crippen molar-refractivity contribution in [1.29, 1.82) is 0 Å². The van der Waals surface area contributed by atoms with Gasteiger partial charge >= 0.3 is 0 Å². The van der Waals surface area contributed by atoms with Gasteiger partial charge < -0.3 is 5.32 Å². The highest BCUT2D eigenvalue weighted by molar-refractivity contribution is 7.18. The predicted molar refractivity (Wildman–Crippen MR) is 98.4 cm³/mol. The van der Waals surface area contributed by atoms with Crippen LogP contribution in [0.2, 0.25) is 5.02 Å². The van der Waals surface area contributed by atoms with E-state index in [4.69, 9.17) is 11.6 Å². The molecule has 1 aliphatic carbocycles. The van der Waals surface area contributed by atoms with E-state index < -0.39 is 5.41 Å². The van der Waals surface area contributed by atoms with E-state index in [0.29, 0.717) is 11.6 Å². The zero-order chi connectivity index (χ0) is 16.6. The molecule has 0 unspecified atom stereocenters. The Balaban J connectivity index is 1.51. The first kappa shape index (κ1) is 15.6. The summed E-state index contributed by atoms with van der Waals surface area (Å²) >= 11 is 7.60. The molecule has 0 atom stereocenters. The highest BCUT2D eigenvalue weighted by atomic mass is 35.5. The fraction of sp³-hybridized carbons (Fsp3) is 0.263. The lowest BCUT2D eigenvalue weighted by Crippen LogP contribution is -2.48. The third-order valence-corrected chi connectivity index (χ3v) is 6.07. The average Bonchev–Trinajstić information content (AvgIpc) is 2.96. The molecule has 5 heteroatoms. The fourth-order valence-electron chi connectivity index (χ4n) is 3.27. The lowest BCUT2D eigenvalue weighted by atomic mass is 9.64. The minimum absolute atomic E-state index is 0.0929. The van der Waals surface area contributed by atoms with Gasteiger partial charge in [-0.05, 0) is 42.7 Å². The number of carbonyl (C=O) groups is 1. The van der Waals surface area contributed by atoms with Crippen molar-refractivity contribution in [1.82, 2.24) is 10.3 Å². The molecule has 0 spiro atoms. The SMILES string of the molecule is O=C(NCc1nc2ccccc2s1)C1(c2ccc(Cl)cc2)CCC1. The lowest BCUT2D eigenvalue weighted by molar-refractivity contribution is -0.130. The van der Waals surface area contributed by atoms with Crippen LogP contribution in [-0.4, -0.2) is 10.9 Å². The van der Waals surface area contributed by atoms with E-state index in [0.717, 1.165) is 40.1 Å². The number of thiazole rings is 1. The Labute approximate surface area is 149 Å². The summed E-state index contributed by atoms with van der Waals surface area (Å²) in [6, 6.07) is 15.7. The van der Waals surface area contributed by atoms with E-state index in [1.165, 1.54) is 0 Å². The number of nitrogens with zero attached hydrogens (tertiary/aromatic N) is 1. The van der Waals surface area contributed by atoms with Crippen molar-refractivity contribution in [3.8, 4) is 0 Å². The van der Waals surface area contributed by atoms with Crippen molar-refractivity contribution in [2.45, 2.75) is 31.2 Å². The zero-order valence-corrected chi connectivity index (χ0v) is 14.7. The molecule has 0 bridgehead atoms. The molecule has 3 nitrogen and oxygen atoms in total. The van der Waals surface area contributed by atoms with Crippen LogP contribution in [0, 0.1) is 0 Å². The number of rotatable bonds is 4. The number of hydrogen-bond donors (Lipinski definition) is 1. The summed E-state index contributed by atoms with van der Waals surface area (Å²) in [5, 5.41) is 4.73. The standard InChI is InChI=1S/C19H17ClN2OS/c20-14-8-6-13(7-9-14)19(10-3-11-19)18(23)21-12-17-22-15-4-1-2-5-16(15)24-17/h1-2,4-9H,3,10-12H2,(H,21,23). The first-order chi connectivity index (χ1) is 11.7. The second-order valence-corrected chi connectivity index (χ2v) is 7.75. The minimum atomic E-state index is -0.402. The van der Waals surface area contributed by atoms with Crippen LogP contribution in [0.15, 0.2) is 48.5 Å². The van der Waals surface area contributed by atoms with Gasteiger partial charge in [0.25, 0.3) is 0 Å². The van der Waals surface area contributed by atoms with E-state index in [9.17, 15) is 4.79 Å². The number of benzene rings is 2. The number of fused-ring (bicyclic) bond motifs is 1. The van der Waals surface area contributed by atoms with Crippen LogP contribution >= 0.6 is 22.9 Å². The molecule has 122 valence electrons. The van der Waals surface area contributed by atoms with Crippen molar-refractivity contribution < 1.29 is 4.79 Å². The Hall–Kier alpha value is -1.91. The Kier molecular flexibility index (Phi) is 4.02. The second kappa shape index (κ2) is 6.19. The predicted octanol–water partition coefficient (Wildman–Crippen LogP) is 4.69. The summed E-state index contributed by atoms with van der Waals surface area (Å²) in [5.74, 6) is 0.0929. The van der Waals surface area contributed by atoms with Gasteiger partial charge in [-0.1, -0.05) is 42.3 Å². The van der Waals surface area contributed by atoms with Crippen LogP contribution in [-0.2, 0) is 16.8 Å². The normalized spacial score (nSPS) is 15.9. The zero-order valence-electron chi connectivity index (χ0n) is 13.1. The molecule has 0 radical (unpaired) electrons. The van der Waals surface area contributed by atoms with Gasteiger partial charge in [0, 0.05) is 5.02 Å². The number of amides is 1. The number of halogens is 1. The van der Waals surface area contributed by atoms with Gasteiger partial charge in [0.05, 0.1) is 22.2 Å². The Morgan fingerprint density at radius 3 is 2.58 bits per heavy atom. The molecule has 1 fully saturated rings. The molecule has 24 heavy (non-hydrogen) atoms. The highest BCUT2D eigenvalue weighted by Gasteiger charge is 2.45. The quantitative estimate of drug-likeness (QED) is 0.737. The third kappa shape index (κ3) is 2.70. The molecule has 1 aliphatic rings. The van der Waals surface area contributed by atoms with Gasteiger partial charge in [0.1, 0.15) is 5.01 Å². The Morgan fingerprint density at radius 2 is 1.92 bits per heavy atom. The number of para-hydroxylation sites is 1. The van der Waals surface area contributed by atoms with Gasteiger partial charge in [-0.15, -0.1) is 11.3 Å². The molecule has 2 aromatic carbocycles. The summed E-state index contributed by atoms with van der Waals surface area (Å²) in [6.45, 7) is 0.480. The van der Waals surface area contributed by atoms with Gasteiger partial charge in [-0.25, -0.2) is 4.98 Å². The molecule has 1 N–H and O–H groups in total. The van der Waals surface area contributed by atoms with Crippen molar-refractivity contribution in [2.75, 3.05) is 0 Å². The average molecular weight is 357 g/mol. The molecule has 0 saturated heterocycles. The lowest BCUT2D eigenvalue weighted by Gasteiger charge is -2.40. The molecule has 1 amide bonds. The van der Waals surface area contributed by atoms with Crippen LogP contribution in [0.25, 0.3) is 10.2 Å². The third-order valence-electron chi connectivity index (χ3n) is 4.78. The molecule has 4 rings (SSSR count). The summed E-state index contributed by atoms with van der Waals surface area (Å²) in [4.78, 5) is 17.4. The van der Waals surface area contributed by atoms with Crippen LogP contribution in [0.1, 0.15) is 29.8 Å². The van der Waals surface area contributed by atoms with E-state index in [1.54, 1.807) is 11.3 Å². The van der Waals surface area contributed by atoms with Gasteiger partial charge in [-0.2, -0.15) is 0 Å². The topological polar surface area (TPSA) is 42.0 Å². The van der Waals surface area contributed by atoms with Crippen LogP contribution in [0.5, 0.6) is 0 Å². The minimum Gasteiger partial charge on any atom is -0.349 e. The monoisotopic (exact) mass is 356 g/mol. The molecule has 1 heterocycles. The maximum atomic E-state index is 12.9. The number of hydrogen-bond acceptors (Lipinski definition) is 3. The highest BCUT2D eigenvalue weighted by Crippen LogP contribution is 2.44. The molecule has 1 saturated carbocycles. The number of carbonyl (C=O) groups excluding carboxylic acids is 1.